The highest BCUT2D eigenvalue weighted by Gasteiger charge is 2.30. The number of para-hydroxylation sites is 1. The lowest BCUT2D eigenvalue weighted by molar-refractivity contribution is -0.121. The van der Waals surface area contributed by atoms with Crippen LogP contribution in [0.5, 0.6) is 0 Å². The molecule has 2 atom stereocenters. The molecule has 1 aliphatic rings. The number of carbonyl (C=O) groups is 1. The van der Waals surface area contributed by atoms with Crippen LogP contribution in [0.4, 0.5) is 0 Å². The SMILES string of the molecule is O=C(Cc1ccsc1)N[C@H]1COC[C@H]1Cc1ccnc2ccccc12. The number of nitrogens with one attached hydrogen (secondary N) is 1. The molecule has 0 saturated carbocycles. The number of thiophene rings is 1. The largest absolute Gasteiger partial charge is 0.379 e. The first-order chi connectivity index (χ1) is 12.3. The Morgan fingerprint density at radius 1 is 1.24 bits per heavy atom. The lowest BCUT2D eigenvalue weighted by atomic mass is 9.93. The number of nitrogens with zero attached hydrogens (tertiary/aromatic N) is 1. The Balaban J connectivity index is 1.45. The van der Waals surface area contributed by atoms with Crippen LogP contribution in [0.3, 0.4) is 0 Å². The summed E-state index contributed by atoms with van der Waals surface area (Å²) < 4.78 is 5.66. The van der Waals surface area contributed by atoms with Gasteiger partial charge < -0.3 is 10.1 Å². The third-order valence-corrected chi connectivity index (χ3v) is 5.44. The summed E-state index contributed by atoms with van der Waals surface area (Å²) in [5.74, 6) is 0.357. The van der Waals surface area contributed by atoms with E-state index < -0.39 is 0 Å². The fourth-order valence-corrected chi connectivity index (χ4v) is 4.08. The summed E-state index contributed by atoms with van der Waals surface area (Å²) in [6, 6.07) is 12.3. The van der Waals surface area contributed by atoms with Crippen LogP contribution in [0.2, 0.25) is 0 Å². The zero-order valence-electron chi connectivity index (χ0n) is 13.9. The second-order valence-corrected chi connectivity index (χ2v) is 7.25. The molecular formula is C20H20N2O2S. The van der Waals surface area contributed by atoms with Crippen LogP contribution in [0, 0.1) is 5.92 Å². The molecule has 1 aromatic carbocycles. The monoisotopic (exact) mass is 352 g/mol. The molecule has 3 aromatic rings. The number of hydrogen-bond acceptors (Lipinski definition) is 4. The Bertz CT molecular complexity index is 858. The fraction of sp³-hybridized carbons (Fsp3) is 0.300. The van der Waals surface area contributed by atoms with Crippen molar-refractivity contribution >= 4 is 28.1 Å². The summed E-state index contributed by atoms with van der Waals surface area (Å²) >= 11 is 1.62. The highest BCUT2D eigenvalue weighted by atomic mass is 32.1. The molecule has 2 aromatic heterocycles. The molecule has 1 N–H and O–H groups in total. The highest BCUT2D eigenvalue weighted by Crippen LogP contribution is 2.24. The average Bonchev–Trinajstić information content (AvgIpc) is 3.28. The maximum Gasteiger partial charge on any atom is 0.224 e. The number of benzene rings is 1. The smallest absolute Gasteiger partial charge is 0.224 e. The van der Waals surface area contributed by atoms with Gasteiger partial charge in [-0.3, -0.25) is 9.78 Å². The van der Waals surface area contributed by atoms with Crippen molar-refractivity contribution in [3.63, 3.8) is 0 Å². The molecule has 0 spiro atoms. The minimum Gasteiger partial charge on any atom is -0.379 e. The Morgan fingerprint density at radius 2 is 2.16 bits per heavy atom. The van der Waals surface area contributed by atoms with E-state index in [9.17, 15) is 4.79 Å². The van der Waals surface area contributed by atoms with Crippen LogP contribution in [0.15, 0.2) is 53.4 Å². The van der Waals surface area contributed by atoms with Gasteiger partial charge in [-0.15, -0.1) is 0 Å². The van der Waals surface area contributed by atoms with Gasteiger partial charge in [0.15, 0.2) is 0 Å². The first kappa shape index (κ1) is 16.2. The molecular weight excluding hydrogens is 332 g/mol. The number of fused-ring (bicyclic) bond motifs is 1. The third-order valence-electron chi connectivity index (χ3n) is 4.71. The topological polar surface area (TPSA) is 51.2 Å². The highest BCUT2D eigenvalue weighted by molar-refractivity contribution is 7.08. The van der Waals surface area contributed by atoms with Crippen molar-refractivity contribution < 1.29 is 9.53 Å². The minimum atomic E-state index is 0.0677. The first-order valence-electron chi connectivity index (χ1n) is 8.50. The van der Waals surface area contributed by atoms with E-state index in [-0.39, 0.29) is 17.9 Å². The van der Waals surface area contributed by atoms with E-state index in [1.54, 1.807) is 11.3 Å². The van der Waals surface area contributed by atoms with Crippen molar-refractivity contribution in [1.29, 1.82) is 0 Å². The fourth-order valence-electron chi connectivity index (χ4n) is 3.41. The number of carbonyl (C=O) groups excluding carboxylic acids is 1. The van der Waals surface area contributed by atoms with Gasteiger partial charge in [-0.2, -0.15) is 11.3 Å². The summed E-state index contributed by atoms with van der Waals surface area (Å²) in [5, 5.41) is 8.36. The van der Waals surface area contributed by atoms with Crippen molar-refractivity contribution in [2.75, 3.05) is 13.2 Å². The van der Waals surface area contributed by atoms with Gasteiger partial charge in [-0.1, -0.05) is 18.2 Å². The van der Waals surface area contributed by atoms with Gasteiger partial charge in [-0.05, 0) is 46.5 Å². The molecule has 3 heterocycles. The van der Waals surface area contributed by atoms with E-state index in [4.69, 9.17) is 4.74 Å². The number of amides is 1. The van der Waals surface area contributed by atoms with Crippen molar-refractivity contribution in [1.82, 2.24) is 10.3 Å². The second kappa shape index (κ2) is 7.33. The summed E-state index contributed by atoms with van der Waals surface area (Å²) in [6.07, 6.45) is 3.18. The predicted molar refractivity (Wildman–Crippen MR) is 99.7 cm³/mol. The van der Waals surface area contributed by atoms with Crippen molar-refractivity contribution in [3.8, 4) is 0 Å². The molecule has 1 fully saturated rings. The van der Waals surface area contributed by atoms with Gasteiger partial charge in [0.05, 0.1) is 31.2 Å². The van der Waals surface area contributed by atoms with E-state index in [1.165, 1.54) is 10.9 Å². The molecule has 1 saturated heterocycles. The van der Waals surface area contributed by atoms with Crippen LogP contribution in [0.1, 0.15) is 11.1 Å². The average molecular weight is 352 g/mol. The van der Waals surface area contributed by atoms with Crippen molar-refractivity contribution in [3.05, 3.63) is 64.5 Å². The second-order valence-electron chi connectivity index (χ2n) is 6.47. The Kier molecular flexibility index (Phi) is 4.76. The van der Waals surface area contributed by atoms with E-state index in [0.29, 0.717) is 19.6 Å². The summed E-state index contributed by atoms with van der Waals surface area (Å²) in [4.78, 5) is 16.7. The first-order valence-corrected chi connectivity index (χ1v) is 9.44. The number of hydrogen-bond donors (Lipinski definition) is 1. The lowest BCUT2D eigenvalue weighted by Gasteiger charge is -2.19. The van der Waals surface area contributed by atoms with E-state index in [0.717, 1.165) is 17.5 Å². The number of aromatic nitrogens is 1. The molecule has 25 heavy (non-hydrogen) atoms. The normalized spacial score (nSPS) is 20.0. The van der Waals surface area contributed by atoms with Crippen LogP contribution in [0.25, 0.3) is 10.9 Å². The van der Waals surface area contributed by atoms with E-state index in [1.807, 2.05) is 41.2 Å². The molecule has 128 valence electrons. The van der Waals surface area contributed by atoms with Gasteiger partial charge in [-0.25, -0.2) is 0 Å². The van der Waals surface area contributed by atoms with Crippen LogP contribution in [-0.2, 0) is 22.4 Å². The van der Waals surface area contributed by atoms with Crippen molar-refractivity contribution in [2.45, 2.75) is 18.9 Å². The Labute approximate surface area is 150 Å². The molecule has 1 amide bonds. The summed E-state index contributed by atoms with van der Waals surface area (Å²) in [6.45, 7) is 1.27. The predicted octanol–water partition coefficient (Wildman–Crippen LogP) is 3.21. The van der Waals surface area contributed by atoms with Gasteiger partial charge in [0.1, 0.15) is 0 Å². The van der Waals surface area contributed by atoms with Gasteiger partial charge in [0.2, 0.25) is 5.91 Å². The molecule has 0 bridgehead atoms. The van der Waals surface area contributed by atoms with E-state index in [2.05, 4.69) is 22.4 Å². The number of ether oxygens (including phenoxy) is 1. The van der Waals surface area contributed by atoms with Gasteiger partial charge >= 0.3 is 0 Å². The lowest BCUT2D eigenvalue weighted by Crippen LogP contribution is -2.41. The Morgan fingerprint density at radius 3 is 3.04 bits per heavy atom. The van der Waals surface area contributed by atoms with E-state index >= 15 is 0 Å². The quantitative estimate of drug-likeness (QED) is 0.767. The minimum absolute atomic E-state index is 0.0677. The number of pyridine rings is 1. The molecule has 0 unspecified atom stereocenters. The van der Waals surface area contributed by atoms with Gasteiger partial charge in [0.25, 0.3) is 0 Å². The van der Waals surface area contributed by atoms with Crippen molar-refractivity contribution in [2.24, 2.45) is 5.92 Å². The summed E-state index contributed by atoms with van der Waals surface area (Å²) in [7, 11) is 0. The molecule has 0 radical (unpaired) electrons. The zero-order chi connectivity index (χ0) is 17.1. The zero-order valence-corrected chi connectivity index (χ0v) is 14.7. The van der Waals surface area contributed by atoms with Gasteiger partial charge in [0, 0.05) is 17.5 Å². The Hall–Kier alpha value is -2.24. The molecule has 5 heteroatoms. The molecule has 4 rings (SSSR count). The van der Waals surface area contributed by atoms with Crippen LogP contribution in [-0.4, -0.2) is 30.1 Å². The van der Waals surface area contributed by atoms with Crippen LogP contribution < -0.4 is 5.32 Å². The standard InChI is InChI=1S/C20H20N2O2S/c23-20(9-14-6-8-25-13-14)22-19-12-24-11-16(19)10-15-5-7-21-18-4-2-1-3-17(15)18/h1-8,13,16,19H,9-12H2,(H,22,23)/t16-,19+/m1/s1. The molecule has 1 aliphatic heterocycles. The van der Waals surface area contributed by atoms with Crippen LogP contribution >= 0.6 is 11.3 Å². The maximum atomic E-state index is 12.3. The molecule has 4 nitrogen and oxygen atoms in total. The number of rotatable bonds is 5. The maximum absolute atomic E-state index is 12.3. The third kappa shape index (κ3) is 3.72. The summed E-state index contributed by atoms with van der Waals surface area (Å²) in [5.41, 5.74) is 3.34. The molecule has 0 aliphatic carbocycles.